The lowest BCUT2D eigenvalue weighted by Crippen LogP contribution is -2.34. The van der Waals surface area contributed by atoms with E-state index < -0.39 is 0 Å². The fourth-order valence-electron chi connectivity index (χ4n) is 0.159. The molecule has 0 aromatic carbocycles. The molecular formula is C7H14BrCl. The highest BCUT2D eigenvalue weighted by Crippen LogP contribution is 2.38. The topological polar surface area (TPSA) is 0 Å². The van der Waals surface area contributed by atoms with Gasteiger partial charge in [-0.05, 0) is 19.3 Å². The maximum Gasteiger partial charge on any atom is 0.0287 e. The monoisotopic (exact) mass is 212 g/mol. The molecule has 0 aliphatic carbocycles. The van der Waals surface area contributed by atoms with Crippen LogP contribution in [0.25, 0.3) is 0 Å². The van der Waals surface area contributed by atoms with Gasteiger partial charge < -0.3 is 0 Å². The van der Waals surface area contributed by atoms with Crippen LogP contribution in [-0.4, -0.2) is 10.2 Å². The van der Waals surface area contributed by atoms with Gasteiger partial charge in [0.1, 0.15) is 0 Å². The first-order chi connectivity index (χ1) is 3.81. The van der Waals surface area contributed by atoms with Crippen molar-refractivity contribution in [1.82, 2.24) is 0 Å². The Bertz CT molecular complexity index is 91.6. The Balaban J connectivity index is 4.14. The van der Waals surface area contributed by atoms with Crippen molar-refractivity contribution >= 4 is 27.5 Å². The van der Waals surface area contributed by atoms with Crippen molar-refractivity contribution in [2.24, 2.45) is 5.41 Å². The summed E-state index contributed by atoms with van der Waals surface area (Å²) in [5.41, 5.74) is 0.161. The van der Waals surface area contributed by atoms with E-state index in [4.69, 9.17) is 11.6 Å². The fraction of sp³-hybridized carbons (Fsp3) is 1.00. The Kier molecular flexibility index (Phi) is 3.03. The summed E-state index contributed by atoms with van der Waals surface area (Å²) >= 11 is 9.32. The van der Waals surface area contributed by atoms with Crippen LogP contribution in [0.4, 0.5) is 0 Å². The van der Waals surface area contributed by atoms with Crippen LogP contribution in [0.2, 0.25) is 0 Å². The van der Waals surface area contributed by atoms with Crippen molar-refractivity contribution < 1.29 is 0 Å². The van der Waals surface area contributed by atoms with Gasteiger partial charge in [0.05, 0.1) is 0 Å². The SMILES string of the molecule is CC(C)(Br)C(C)(C)CCl. The molecule has 0 amide bonds. The zero-order chi connectivity index (χ0) is 7.71. The third kappa shape index (κ3) is 2.46. The summed E-state index contributed by atoms with van der Waals surface area (Å²) in [6.07, 6.45) is 0. The fourth-order valence-corrected chi connectivity index (χ4v) is 0.795. The first-order valence-electron chi connectivity index (χ1n) is 3.06. The standard InChI is InChI=1S/C7H14BrCl/c1-6(2,5-9)7(3,4)8/h5H2,1-4H3. The van der Waals surface area contributed by atoms with Crippen LogP contribution in [0, 0.1) is 5.41 Å². The first kappa shape index (κ1) is 9.77. The number of halogens is 2. The third-order valence-electron chi connectivity index (χ3n) is 1.94. The zero-order valence-electron chi connectivity index (χ0n) is 6.46. The molecule has 0 rings (SSSR count). The molecule has 0 spiro atoms. The number of alkyl halides is 2. The molecule has 0 nitrogen and oxygen atoms in total. The molecule has 2 heteroatoms. The van der Waals surface area contributed by atoms with Crippen molar-refractivity contribution in [1.29, 1.82) is 0 Å². The van der Waals surface area contributed by atoms with Gasteiger partial charge in [-0.1, -0.05) is 29.8 Å². The van der Waals surface area contributed by atoms with Crippen LogP contribution < -0.4 is 0 Å². The van der Waals surface area contributed by atoms with E-state index in [1.54, 1.807) is 0 Å². The Labute approximate surface area is 71.1 Å². The lowest BCUT2D eigenvalue weighted by Gasteiger charge is -2.34. The summed E-state index contributed by atoms with van der Waals surface area (Å²) in [5, 5.41) is 0. The van der Waals surface area contributed by atoms with Crippen molar-refractivity contribution in [3.05, 3.63) is 0 Å². The maximum atomic E-state index is 5.75. The molecule has 0 saturated carbocycles. The van der Waals surface area contributed by atoms with Crippen LogP contribution >= 0.6 is 27.5 Å². The summed E-state index contributed by atoms with van der Waals surface area (Å²) in [6, 6.07) is 0. The minimum atomic E-state index is 0.127. The number of hydrogen-bond donors (Lipinski definition) is 0. The summed E-state index contributed by atoms with van der Waals surface area (Å²) in [7, 11) is 0. The first-order valence-corrected chi connectivity index (χ1v) is 4.39. The molecule has 56 valence electrons. The molecule has 9 heavy (non-hydrogen) atoms. The maximum absolute atomic E-state index is 5.75. The summed E-state index contributed by atoms with van der Waals surface area (Å²) in [6.45, 7) is 8.56. The average molecular weight is 214 g/mol. The molecule has 0 bridgehead atoms. The molecule has 0 unspecified atom stereocenters. The Morgan fingerprint density at radius 2 is 1.56 bits per heavy atom. The lowest BCUT2D eigenvalue weighted by atomic mass is 9.83. The van der Waals surface area contributed by atoms with Gasteiger partial charge in [0, 0.05) is 10.2 Å². The van der Waals surface area contributed by atoms with E-state index in [1.807, 2.05) is 0 Å². The normalized spacial score (nSPS) is 14.0. The lowest BCUT2D eigenvalue weighted by molar-refractivity contribution is 0.333. The molecule has 0 N–H and O–H groups in total. The Morgan fingerprint density at radius 1 is 1.22 bits per heavy atom. The molecule has 0 aromatic rings. The predicted molar refractivity (Wildman–Crippen MR) is 47.5 cm³/mol. The second-order valence-electron chi connectivity index (χ2n) is 3.49. The smallest absolute Gasteiger partial charge is 0.0287 e. The molecule has 0 aliphatic rings. The van der Waals surface area contributed by atoms with Gasteiger partial charge in [-0.15, -0.1) is 11.6 Å². The summed E-state index contributed by atoms with van der Waals surface area (Å²) < 4.78 is 0.127. The van der Waals surface area contributed by atoms with Gasteiger partial charge in [-0.25, -0.2) is 0 Å². The molecule has 0 fully saturated rings. The number of rotatable bonds is 2. The highest BCUT2D eigenvalue weighted by molar-refractivity contribution is 9.10. The van der Waals surface area contributed by atoms with Gasteiger partial charge in [0.2, 0.25) is 0 Å². The third-order valence-corrected chi connectivity index (χ3v) is 3.68. The molecule has 0 atom stereocenters. The van der Waals surface area contributed by atoms with Gasteiger partial charge in [-0.2, -0.15) is 0 Å². The van der Waals surface area contributed by atoms with E-state index >= 15 is 0 Å². The van der Waals surface area contributed by atoms with E-state index in [2.05, 4.69) is 43.6 Å². The molecular weight excluding hydrogens is 199 g/mol. The van der Waals surface area contributed by atoms with E-state index in [0.717, 1.165) is 0 Å². The van der Waals surface area contributed by atoms with E-state index in [-0.39, 0.29) is 9.74 Å². The molecule has 0 heterocycles. The quantitative estimate of drug-likeness (QED) is 0.617. The van der Waals surface area contributed by atoms with Crippen molar-refractivity contribution in [3.63, 3.8) is 0 Å². The van der Waals surface area contributed by atoms with Crippen LogP contribution in [0.3, 0.4) is 0 Å². The minimum absolute atomic E-state index is 0.127. The van der Waals surface area contributed by atoms with Gasteiger partial charge in [-0.3, -0.25) is 0 Å². The zero-order valence-corrected chi connectivity index (χ0v) is 8.80. The van der Waals surface area contributed by atoms with Crippen LogP contribution in [0.5, 0.6) is 0 Å². The second-order valence-corrected chi connectivity index (χ2v) is 5.74. The van der Waals surface area contributed by atoms with Crippen molar-refractivity contribution in [2.45, 2.75) is 32.0 Å². The van der Waals surface area contributed by atoms with Crippen LogP contribution in [0.15, 0.2) is 0 Å². The highest BCUT2D eigenvalue weighted by atomic mass is 79.9. The minimum Gasteiger partial charge on any atom is -0.126 e. The molecule has 0 radical (unpaired) electrons. The molecule has 0 aliphatic heterocycles. The van der Waals surface area contributed by atoms with E-state index in [1.165, 1.54) is 0 Å². The summed E-state index contributed by atoms with van der Waals surface area (Å²) in [4.78, 5) is 0. The molecule has 0 saturated heterocycles. The number of hydrogen-bond acceptors (Lipinski definition) is 0. The van der Waals surface area contributed by atoms with E-state index in [0.29, 0.717) is 5.88 Å². The van der Waals surface area contributed by atoms with Gasteiger partial charge in [0.25, 0.3) is 0 Å². The Morgan fingerprint density at radius 3 is 1.56 bits per heavy atom. The van der Waals surface area contributed by atoms with Gasteiger partial charge >= 0.3 is 0 Å². The highest BCUT2D eigenvalue weighted by Gasteiger charge is 2.33. The molecule has 0 aromatic heterocycles. The van der Waals surface area contributed by atoms with Crippen molar-refractivity contribution in [2.75, 3.05) is 5.88 Å². The largest absolute Gasteiger partial charge is 0.126 e. The second kappa shape index (κ2) is 2.79. The summed E-state index contributed by atoms with van der Waals surface area (Å²) in [5.74, 6) is 0.686. The average Bonchev–Trinajstić information content (AvgIpc) is 1.64. The van der Waals surface area contributed by atoms with Crippen LogP contribution in [-0.2, 0) is 0 Å². The predicted octanol–water partition coefficient (Wildman–Crippen LogP) is 3.42. The Hall–Kier alpha value is 0.770. The van der Waals surface area contributed by atoms with Crippen molar-refractivity contribution in [3.8, 4) is 0 Å². The van der Waals surface area contributed by atoms with Crippen LogP contribution in [0.1, 0.15) is 27.7 Å². The van der Waals surface area contributed by atoms with Gasteiger partial charge in [0.15, 0.2) is 0 Å². The van der Waals surface area contributed by atoms with E-state index in [9.17, 15) is 0 Å².